The van der Waals surface area contributed by atoms with Crippen LogP contribution in [0.2, 0.25) is 5.15 Å². The van der Waals surface area contributed by atoms with Gasteiger partial charge >= 0.3 is 0 Å². The molecule has 1 saturated carbocycles. The van der Waals surface area contributed by atoms with Crippen LogP contribution in [0.15, 0.2) is 61.1 Å². The van der Waals surface area contributed by atoms with Crippen LogP contribution in [-0.4, -0.2) is 21.6 Å². The molecule has 30 heavy (non-hydrogen) atoms. The first-order chi connectivity index (χ1) is 14.7. The van der Waals surface area contributed by atoms with Crippen LogP contribution in [0.25, 0.3) is 22.2 Å². The third-order valence-electron chi connectivity index (χ3n) is 5.74. The molecule has 0 N–H and O–H groups in total. The summed E-state index contributed by atoms with van der Waals surface area (Å²) in [6.07, 6.45) is 8.59. The second-order valence-corrected chi connectivity index (χ2v) is 7.89. The molecular formula is C24H22ClN3O2. The summed E-state index contributed by atoms with van der Waals surface area (Å²) in [7, 11) is 1.64. The van der Waals surface area contributed by atoms with E-state index in [0.29, 0.717) is 22.7 Å². The Labute approximate surface area is 180 Å². The maximum atomic E-state index is 6.50. The molecule has 0 aliphatic heterocycles. The number of halogens is 1. The molecule has 0 amide bonds. The van der Waals surface area contributed by atoms with E-state index in [1.54, 1.807) is 13.4 Å². The zero-order valence-corrected chi connectivity index (χ0v) is 17.5. The smallest absolute Gasteiger partial charge is 0.169 e. The fraction of sp³-hybridized carbons (Fsp3) is 0.250. The number of fused-ring (bicyclic) bond motifs is 1. The normalized spacial score (nSPS) is 14.3. The van der Waals surface area contributed by atoms with Gasteiger partial charge in [-0.2, -0.15) is 0 Å². The average Bonchev–Trinajstić information content (AvgIpc) is 3.43. The number of rotatable bonds is 5. The SMILES string of the molecule is COc1ccccc1Oc1ccc(-c2cn(C3CCCC3)c3ncnc(Cl)c23)cc1. The fourth-order valence-electron chi connectivity index (χ4n) is 4.26. The molecule has 0 spiro atoms. The van der Waals surface area contributed by atoms with Crippen LogP contribution in [-0.2, 0) is 0 Å². The van der Waals surface area contributed by atoms with Crippen molar-refractivity contribution in [1.29, 1.82) is 0 Å². The molecule has 2 aromatic heterocycles. The van der Waals surface area contributed by atoms with Gasteiger partial charge in [0.25, 0.3) is 0 Å². The highest BCUT2D eigenvalue weighted by Gasteiger charge is 2.23. The summed E-state index contributed by atoms with van der Waals surface area (Å²) < 4.78 is 13.7. The third kappa shape index (κ3) is 3.39. The van der Waals surface area contributed by atoms with Crippen molar-refractivity contribution in [1.82, 2.24) is 14.5 Å². The van der Waals surface area contributed by atoms with Gasteiger partial charge in [0.15, 0.2) is 11.5 Å². The predicted octanol–water partition coefficient (Wildman–Crippen LogP) is 6.67. The number of benzene rings is 2. The Bertz CT molecular complexity index is 1180. The highest BCUT2D eigenvalue weighted by molar-refractivity contribution is 6.35. The molecule has 1 aliphatic carbocycles. The molecule has 0 radical (unpaired) electrons. The van der Waals surface area contributed by atoms with Crippen LogP contribution in [0.4, 0.5) is 0 Å². The van der Waals surface area contributed by atoms with Crippen LogP contribution in [0.1, 0.15) is 31.7 Å². The lowest BCUT2D eigenvalue weighted by molar-refractivity contribution is 0.379. The second-order valence-electron chi connectivity index (χ2n) is 7.53. The number of para-hydroxylation sites is 2. The molecule has 0 atom stereocenters. The minimum absolute atomic E-state index is 0.473. The monoisotopic (exact) mass is 419 g/mol. The highest BCUT2D eigenvalue weighted by Crippen LogP contribution is 2.40. The first-order valence-electron chi connectivity index (χ1n) is 10.2. The van der Waals surface area contributed by atoms with Gasteiger partial charge in [0.05, 0.1) is 12.5 Å². The number of hydrogen-bond acceptors (Lipinski definition) is 4. The number of ether oxygens (including phenoxy) is 2. The summed E-state index contributed by atoms with van der Waals surface area (Å²) in [6.45, 7) is 0. The van der Waals surface area contributed by atoms with Crippen molar-refractivity contribution in [2.75, 3.05) is 7.11 Å². The lowest BCUT2D eigenvalue weighted by Crippen LogP contribution is -2.03. The molecule has 4 aromatic rings. The Kier molecular flexibility index (Phi) is 5.05. The highest BCUT2D eigenvalue weighted by atomic mass is 35.5. The van der Waals surface area contributed by atoms with Crippen LogP contribution in [0, 0.1) is 0 Å². The quantitative estimate of drug-likeness (QED) is 0.339. The number of hydrogen-bond donors (Lipinski definition) is 0. The second kappa shape index (κ2) is 8.00. The third-order valence-corrected chi connectivity index (χ3v) is 6.03. The van der Waals surface area contributed by atoms with Gasteiger partial charge < -0.3 is 14.0 Å². The molecule has 5 rings (SSSR count). The van der Waals surface area contributed by atoms with Crippen molar-refractivity contribution >= 4 is 22.6 Å². The number of nitrogens with zero attached hydrogens (tertiary/aromatic N) is 3. The Hall–Kier alpha value is -3.05. The lowest BCUT2D eigenvalue weighted by Gasteiger charge is -2.12. The molecule has 5 nitrogen and oxygen atoms in total. The molecule has 0 saturated heterocycles. The molecule has 2 aromatic carbocycles. The Morgan fingerprint density at radius 3 is 2.43 bits per heavy atom. The van der Waals surface area contributed by atoms with Gasteiger partial charge in [-0.3, -0.25) is 0 Å². The zero-order valence-electron chi connectivity index (χ0n) is 16.7. The van der Waals surface area contributed by atoms with Crippen LogP contribution in [0.3, 0.4) is 0 Å². The zero-order chi connectivity index (χ0) is 20.5. The van der Waals surface area contributed by atoms with Crippen LogP contribution in [0.5, 0.6) is 17.2 Å². The van der Waals surface area contributed by atoms with Crippen molar-refractivity contribution < 1.29 is 9.47 Å². The predicted molar refractivity (Wildman–Crippen MR) is 119 cm³/mol. The van der Waals surface area contributed by atoms with Gasteiger partial charge in [-0.05, 0) is 42.7 Å². The lowest BCUT2D eigenvalue weighted by atomic mass is 10.1. The van der Waals surface area contributed by atoms with E-state index in [1.807, 2.05) is 48.5 Å². The summed E-state index contributed by atoms with van der Waals surface area (Å²) in [6, 6.07) is 16.1. The summed E-state index contributed by atoms with van der Waals surface area (Å²) in [4.78, 5) is 8.78. The Morgan fingerprint density at radius 2 is 1.70 bits per heavy atom. The van der Waals surface area contributed by atoms with Gasteiger partial charge in [-0.15, -0.1) is 0 Å². The van der Waals surface area contributed by atoms with E-state index in [-0.39, 0.29) is 0 Å². The molecule has 1 fully saturated rings. The standard InChI is InChI=1S/C24H22ClN3O2/c1-29-20-8-4-5-9-21(20)30-18-12-10-16(11-13-18)19-14-28(17-6-2-3-7-17)24-22(19)23(25)26-15-27-24/h4-5,8-15,17H,2-3,6-7H2,1H3. The molecule has 2 heterocycles. The number of methoxy groups -OCH3 is 1. The van der Waals surface area contributed by atoms with Crippen LogP contribution < -0.4 is 9.47 Å². The number of aromatic nitrogens is 3. The minimum Gasteiger partial charge on any atom is -0.493 e. The maximum absolute atomic E-state index is 6.50. The molecule has 0 bridgehead atoms. The summed E-state index contributed by atoms with van der Waals surface area (Å²) >= 11 is 6.50. The van der Waals surface area contributed by atoms with Crippen molar-refractivity contribution in [3.8, 4) is 28.4 Å². The van der Waals surface area contributed by atoms with E-state index in [2.05, 4.69) is 20.7 Å². The summed E-state index contributed by atoms with van der Waals surface area (Å²) in [5.74, 6) is 2.12. The van der Waals surface area contributed by atoms with Gasteiger partial charge in [0.1, 0.15) is 22.9 Å². The minimum atomic E-state index is 0.473. The first-order valence-corrected chi connectivity index (χ1v) is 10.5. The van der Waals surface area contributed by atoms with Gasteiger partial charge in [-0.25, -0.2) is 9.97 Å². The van der Waals surface area contributed by atoms with E-state index in [9.17, 15) is 0 Å². The first kappa shape index (κ1) is 18.9. The molecule has 6 heteroatoms. The Balaban J connectivity index is 1.51. The van der Waals surface area contributed by atoms with Gasteiger partial charge in [-0.1, -0.05) is 48.7 Å². The van der Waals surface area contributed by atoms with Crippen molar-refractivity contribution in [2.45, 2.75) is 31.7 Å². The van der Waals surface area contributed by atoms with E-state index in [1.165, 1.54) is 25.7 Å². The molecule has 0 unspecified atom stereocenters. The van der Waals surface area contributed by atoms with E-state index < -0.39 is 0 Å². The van der Waals surface area contributed by atoms with Gasteiger partial charge in [0.2, 0.25) is 0 Å². The van der Waals surface area contributed by atoms with E-state index in [4.69, 9.17) is 21.1 Å². The summed E-state index contributed by atoms with van der Waals surface area (Å²) in [5.41, 5.74) is 3.01. The van der Waals surface area contributed by atoms with Crippen molar-refractivity contribution in [3.63, 3.8) is 0 Å². The maximum Gasteiger partial charge on any atom is 0.169 e. The topological polar surface area (TPSA) is 49.2 Å². The van der Waals surface area contributed by atoms with Crippen LogP contribution >= 0.6 is 11.6 Å². The summed E-state index contributed by atoms with van der Waals surface area (Å²) in [5, 5.41) is 1.39. The molecule has 1 aliphatic rings. The van der Waals surface area contributed by atoms with E-state index in [0.717, 1.165) is 27.9 Å². The largest absolute Gasteiger partial charge is 0.493 e. The molecular weight excluding hydrogens is 398 g/mol. The van der Waals surface area contributed by atoms with Crippen molar-refractivity contribution in [3.05, 3.63) is 66.2 Å². The fourth-order valence-corrected chi connectivity index (χ4v) is 4.49. The Morgan fingerprint density at radius 1 is 0.967 bits per heavy atom. The molecule has 152 valence electrons. The van der Waals surface area contributed by atoms with Crippen molar-refractivity contribution in [2.24, 2.45) is 0 Å². The van der Waals surface area contributed by atoms with Gasteiger partial charge in [0, 0.05) is 17.8 Å². The average molecular weight is 420 g/mol. The van der Waals surface area contributed by atoms with E-state index >= 15 is 0 Å².